The minimum atomic E-state index is -2.27. The first-order valence-corrected chi connectivity index (χ1v) is 8.19. The Morgan fingerprint density at radius 2 is 1.96 bits per heavy atom. The fourth-order valence-corrected chi connectivity index (χ4v) is 3.14. The van der Waals surface area contributed by atoms with E-state index in [0.717, 1.165) is 0 Å². The average molecular weight is 352 g/mol. The number of hydrogen-bond acceptors (Lipinski definition) is 6. The van der Waals surface area contributed by atoms with Crippen molar-refractivity contribution in [3.8, 4) is 23.0 Å². The van der Waals surface area contributed by atoms with E-state index in [0.29, 0.717) is 16.9 Å². The molecule has 1 aliphatic heterocycles. The van der Waals surface area contributed by atoms with E-state index in [4.69, 9.17) is 9.47 Å². The third-order valence-corrected chi connectivity index (χ3v) is 4.55. The van der Waals surface area contributed by atoms with Gasteiger partial charge in [-0.1, -0.05) is 6.07 Å². The molecule has 0 spiro atoms. The molecular weight excluding hydrogens is 336 g/mol. The molecule has 0 saturated carbocycles. The van der Waals surface area contributed by atoms with Crippen LogP contribution in [0.15, 0.2) is 35.2 Å². The Kier molecular flexibility index (Phi) is 4.35. The molecule has 2 aromatic rings. The van der Waals surface area contributed by atoms with Crippen LogP contribution < -0.4 is 9.47 Å². The van der Waals surface area contributed by atoms with E-state index in [1.807, 2.05) is 0 Å². The summed E-state index contributed by atoms with van der Waals surface area (Å²) in [5, 5.41) is 30.2. The standard InChI is InChI=1S/C16H16O7S/c1-22-14-3-2-8(4-12(14)18)16-13(19)7-10-11(17)5-9(24(20)21)6-15(10)23-16/h2-6,13,16-19H,7H2,1H3,(H,20,21). The number of fused-ring (bicyclic) bond motifs is 1. The lowest BCUT2D eigenvalue weighted by Crippen LogP contribution is -2.30. The van der Waals surface area contributed by atoms with Crippen LogP contribution in [0.2, 0.25) is 0 Å². The maximum Gasteiger partial charge on any atom is 0.186 e. The van der Waals surface area contributed by atoms with Crippen molar-refractivity contribution in [3.05, 3.63) is 41.5 Å². The Hall–Kier alpha value is -2.29. The number of benzene rings is 2. The first-order chi connectivity index (χ1) is 11.4. The molecule has 4 N–H and O–H groups in total. The van der Waals surface area contributed by atoms with Crippen molar-refractivity contribution in [1.29, 1.82) is 0 Å². The van der Waals surface area contributed by atoms with E-state index in [-0.39, 0.29) is 28.6 Å². The van der Waals surface area contributed by atoms with E-state index in [1.165, 1.54) is 25.3 Å². The highest BCUT2D eigenvalue weighted by molar-refractivity contribution is 7.79. The zero-order valence-electron chi connectivity index (χ0n) is 12.7. The van der Waals surface area contributed by atoms with Crippen molar-refractivity contribution >= 4 is 11.1 Å². The van der Waals surface area contributed by atoms with Crippen molar-refractivity contribution in [2.45, 2.75) is 23.5 Å². The lowest BCUT2D eigenvalue weighted by molar-refractivity contribution is 0.0196. The van der Waals surface area contributed by atoms with E-state index in [9.17, 15) is 24.1 Å². The lowest BCUT2D eigenvalue weighted by atomic mass is 9.94. The summed E-state index contributed by atoms with van der Waals surface area (Å²) in [6.45, 7) is 0. The normalized spacial score (nSPS) is 20.8. The average Bonchev–Trinajstić information content (AvgIpc) is 2.54. The number of methoxy groups -OCH3 is 1. The van der Waals surface area contributed by atoms with Crippen LogP contribution in [-0.4, -0.2) is 37.3 Å². The smallest absolute Gasteiger partial charge is 0.186 e. The Bertz CT molecular complexity index is 805. The third-order valence-electron chi connectivity index (χ3n) is 3.91. The molecule has 1 aliphatic rings. The number of phenolic OH excluding ortho intramolecular Hbond substituents is 2. The maximum atomic E-state index is 11.2. The van der Waals surface area contributed by atoms with E-state index in [1.54, 1.807) is 12.1 Å². The molecule has 0 radical (unpaired) electrons. The second kappa shape index (κ2) is 6.31. The predicted octanol–water partition coefficient (Wildman–Crippen LogP) is 1.72. The highest BCUT2D eigenvalue weighted by Gasteiger charge is 2.32. The molecule has 0 aliphatic carbocycles. The van der Waals surface area contributed by atoms with Crippen LogP contribution >= 0.6 is 0 Å². The van der Waals surface area contributed by atoms with Gasteiger partial charge in [0.2, 0.25) is 0 Å². The topological polar surface area (TPSA) is 116 Å². The largest absolute Gasteiger partial charge is 0.507 e. The predicted molar refractivity (Wildman–Crippen MR) is 84.9 cm³/mol. The van der Waals surface area contributed by atoms with Gasteiger partial charge in [-0.15, -0.1) is 0 Å². The zero-order valence-corrected chi connectivity index (χ0v) is 13.5. The number of phenols is 2. The van der Waals surface area contributed by atoms with E-state index in [2.05, 4.69) is 0 Å². The van der Waals surface area contributed by atoms with Crippen LogP contribution in [0.1, 0.15) is 17.2 Å². The Labute approximate surface area is 140 Å². The maximum absolute atomic E-state index is 11.2. The SMILES string of the molecule is COc1ccc(C2Oc3cc(S(=O)O)cc(O)c3CC2O)cc1O. The minimum Gasteiger partial charge on any atom is -0.507 e. The van der Waals surface area contributed by atoms with Gasteiger partial charge in [0.25, 0.3) is 0 Å². The zero-order chi connectivity index (χ0) is 17.4. The van der Waals surface area contributed by atoms with Gasteiger partial charge in [0.1, 0.15) is 17.6 Å². The monoisotopic (exact) mass is 352 g/mol. The van der Waals surface area contributed by atoms with Gasteiger partial charge in [0.15, 0.2) is 22.6 Å². The summed E-state index contributed by atoms with van der Waals surface area (Å²) in [6, 6.07) is 7.14. The summed E-state index contributed by atoms with van der Waals surface area (Å²) in [7, 11) is 1.43. The number of aliphatic hydroxyl groups is 1. The fourth-order valence-electron chi connectivity index (χ4n) is 2.72. The van der Waals surface area contributed by atoms with Crippen LogP contribution in [0.4, 0.5) is 0 Å². The number of aromatic hydroxyl groups is 2. The molecule has 0 fully saturated rings. The molecule has 0 aromatic heterocycles. The van der Waals surface area contributed by atoms with Crippen LogP contribution in [0.3, 0.4) is 0 Å². The Morgan fingerprint density at radius 3 is 2.58 bits per heavy atom. The molecule has 2 aromatic carbocycles. The van der Waals surface area contributed by atoms with Crippen molar-refractivity contribution in [3.63, 3.8) is 0 Å². The molecule has 0 amide bonds. The highest BCUT2D eigenvalue weighted by Crippen LogP contribution is 2.42. The van der Waals surface area contributed by atoms with Crippen LogP contribution in [0, 0.1) is 0 Å². The lowest BCUT2D eigenvalue weighted by Gasteiger charge is -2.31. The summed E-state index contributed by atoms with van der Waals surface area (Å²) in [4.78, 5) is -0.000956. The van der Waals surface area contributed by atoms with Gasteiger partial charge < -0.3 is 29.3 Å². The molecule has 1 heterocycles. The molecule has 3 rings (SSSR count). The molecule has 128 valence electrons. The molecular formula is C16H16O7S. The number of aliphatic hydroxyl groups excluding tert-OH is 1. The van der Waals surface area contributed by atoms with E-state index >= 15 is 0 Å². The second-order valence-corrected chi connectivity index (χ2v) is 6.38. The summed E-state index contributed by atoms with van der Waals surface area (Å²) < 4.78 is 31.1. The van der Waals surface area contributed by atoms with Gasteiger partial charge in [-0.3, -0.25) is 0 Å². The highest BCUT2D eigenvalue weighted by atomic mass is 32.2. The second-order valence-electron chi connectivity index (χ2n) is 5.41. The molecule has 3 atom stereocenters. The summed E-state index contributed by atoms with van der Waals surface area (Å²) in [5.74, 6) is 0.211. The summed E-state index contributed by atoms with van der Waals surface area (Å²) >= 11 is -2.27. The van der Waals surface area contributed by atoms with Gasteiger partial charge in [-0.25, -0.2) is 4.21 Å². The quantitative estimate of drug-likeness (QED) is 0.622. The van der Waals surface area contributed by atoms with Crippen LogP contribution in [-0.2, 0) is 17.5 Å². The Balaban J connectivity index is 1.99. The number of hydrogen-bond donors (Lipinski definition) is 4. The van der Waals surface area contributed by atoms with Crippen LogP contribution in [0.25, 0.3) is 0 Å². The van der Waals surface area contributed by atoms with Crippen molar-refractivity contribution < 1.29 is 33.6 Å². The van der Waals surface area contributed by atoms with Gasteiger partial charge in [-0.05, 0) is 29.8 Å². The van der Waals surface area contributed by atoms with E-state index < -0.39 is 23.3 Å². The molecule has 0 saturated heterocycles. The molecule has 7 nitrogen and oxygen atoms in total. The fraction of sp³-hybridized carbons (Fsp3) is 0.250. The van der Waals surface area contributed by atoms with Crippen LogP contribution in [0.5, 0.6) is 23.0 Å². The van der Waals surface area contributed by atoms with Gasteiger partial charge in [-0.2, -0.15) is 0 Å². The summed E-state index contributed by atoms with van der Waals surface area (Å²) in [5.41, 5.74) is 0.882. The minimum absolute atomic E-state index is 0.000956. The van der Waals surface area contributed by atoms with Gasteiger partial charge >= 0.3 is 0 Å². The van der Waals surface area contributed by atoms with Gasteiger partial charge in [0, 0.05) is 12.0 Å². The number of ether oxygens (including phenoxy) is 2. The number of rotatable bonds is 3. The summed E-state index contributed by atoms with van der Waals surface area (Å²) in [6.07, 6.45) is -1.64. The molecule has 3 unspecified atom stereocenters. The van der Waals surface area contributed by atoms with Crippen molar-refractivity contribution in [2.75, 3.05) is 7.11 Å². The molecule has 24 heavy (non-hydrogen) atoms. The van der Waals surface area contributed by atoms with Crippen molar-refractivity contribution in [1.82, 2.24) is 0 Å². The first-order valence-electron chi connectivity index (χ1n) is 7.09. The molecule has 8 heteroatoms. The van der Waals surface area contributed by atoms with Gasteiger partial charge in [0.05, 0.1) is 18.1 Å². The van der Waals surface area contributed by atoms with Crippen molar-refractivity contribution in [2.24, 2.45) is 0 Å². The molecule has 0 bridgehead atoms. The first kappa shape index (κ1) is 16.6. The third kappa shape index (κ3) is 2.91. The Morgan fingerprint density at radius 1 is 1.21 bits per heavy atom.